The summed E-state index contributed by atoms with van der Waals surface area (Å²) < 4.78 is 5.57. The first-order chi connectivity index (χ1) is 9.20. The normalized spacial score (nSPS) is 28.0. The van der Waals surface area contributed by atoms with Gasteiger partial charge in [-0.25, -0.2) is 0 Å². The van der Waals surface area contributed by atoms with Crippen molar-refractivity contribution in [2.24, 2.45) is 0 Å². The molecular weight excluding hydrogens is 242 g/mol. The minimum atomic E-state index is -0.611. The Balaban J connectivity index is 1.91. The number of likely N-dealkylation sites (tertiary alicyclic amines) is 1. The van der Waals surface area contributed by atoms with E-state index < -0.39 is 5.60 Å². The first-order valence-corrected chi connectivity index (χ1v) is 7.49. The van der Waals surface area contributed by atoms with Crippen molar-refractivity contribution >= 4 is 5.91 Å². The van der Waals surface area contributed by atoms with Gasteiger partial charge in [0.2, 0.25) is 0 Å². The lowest BCUT2D eigenvalue weighted by atomic mass is 9.90. The van der Waals surface area contributed by atoms with Crippen LogP contribution < -0.4 is 10.6 Å². The summed E-state index contributed by atoms with van der Waals surface area (Å²) in [5, 5.41) is 6.49. The van der Waals surface area contributed by atoms with Crippen molar-refractivity contribution in [1.82, 2.24) is 15.5 Å². The van der Waals surface area contributed by atoms with E-state index in [-0.39, 0.29) is 11.9 Å². The molecule has 1 amide bonds. The molecule has 2 N–H and O–H groups in total. The highest BCUT2D eigenvalue weighted by Gasteiger charge is 2.40. The quantitative estimate of drug-likeness (QED) is 0.773. The van der Waals surface area contributed by atoms with E-state index in [0.29, 0.717) is 0 Å². The van der Waals surface area contributed by atoms with Gasteiger partial charge in [-0.15, -0.1) is 0 Å². The second-order valence-electron chi connectivity index (χ2n) is 5.65. The number of nitrogens with one attached hydrogen (secondary N) is 2. The molecule has 0 aromatic rings. The van der Waals surface area contributed by atoms with Crippen LogP contribution in [0.1, 0.15) is 32.6 Å². The number of nitrogens with zero attached hydrogens (tertiary/aromatic N) is 1. The van der Waals surface area contributed by atoms with Crippen molar-refractivity contribution in [1.29, 1.82) is 0 Å². The number of ether oxygens (including phenoxy) is 1. The molecule has 2 rings (SSSR count). The largest absolute Gasteiger partial charge is 0.368 e. The summed E-state index contributed by atoms with van der Waals surface area (Å²) in [4.78, 5) is 14.9. The highest BCUT2D eigenvalue weighted by Crippen LogP contribution is 2.23. The zero-order valence-corrected chi connectivity index (χ0v) is 12.2. The molecule has 0 radical (unpaired) electrons. The number of likely N-dealkylation sites (N-methyl/N-ethyl adjacent to an activating group) is 1. The van der Waals surface area contributed by atoms with Crippen molar-refractivity contribution in [2.45, 2.75) is 44.2 Å². The summed E-state index contributed by atoms with van der Waals surface area (Å²) >= 11 is 0. The van der Waals surface area contributed by atoms with Crippen LogP contribution in [0.15, 0.2) is 0 Å². The first-order valence-electron chi connectivity index (χ1n) is 7.49. The maximum absolute atomic E-state index is 12.5. The van der Waals surface area contributed by atoms with E-state index in [4.69, 9.17) is 4.74 Å². The van der Waals surface area contributed by atoms with Crippen LogP contribution in [0.5, 0.6) is 0 Å². The minimum Gasteiger partial charge on any atom is -0.368 e. The highest BCUT2D eigenvalue weighted by atomic mass is 16.5. The Kier molecular flexibility index (Phi) is 5.19. The third-order valence-corrected chi connectivity index (χ3v) is 4.50. The van der Waals surface area contributed by atoms with Crippen molar-refractivity contribution in [3.8, 4) is 0 Å². The standard InChI is InChI=1S/C14H27N3O2/c1-3-17-10-4-5-12(11-17)16-13(18)14(19-2)6-8-15-9-7-14/h12,15H,3-11H2,1-2H3,(H,16,18). The lowest BCUT2D eigenvalue weighted by molar-refractivity contribution is -0.147. The van der Waals surface area contributed by atoms with E-state index in [9.17, 15) is 4.79 Å². The lowest BCUT2D eigenvalue weighted by Crippen LogP contribution is -2.58. The molecule has 2 heterocycles. The van der Waals surface area contributed by atoms with Gasteiger partial charge in [0.1, 0.15) is 5.60 Å². The maximum atomic E-state index is 12.5. The summed E-state index contributed by atoms with van der Waals surface area (Å²) in [5.41, 5.74) is -0.611. The van der Waals surface area contributed by atoms with Crippen LogP contribution in [0.4, 0.5) is 0 Å². The Morgan fingerprint density at radius 1 is 1.47 bits per heavy atom. The Morgan fingerprint density at radius 2 is 2.21 bits per heavy atom. The van der Waals surface area contributed by atoms with Gasteiger partial charge >= 0.3 is 0 Å². The number of rotatable bonds is 4. The molecule has 1 atom stereocenters. The van der Waals surface area contributed by atoms with Crippen LogP contribution in [0.2, 0.25) is 0 Å². The molecule has 0 bridgehead atoms. The molecule has 0 spiro atoms. The van der Waals surface area contributed by atoms with Crippen molar-refractivity contribution in [3.63, 3.8) is 0 Å². The number of methoxy groups -OCH3 is 1. The molecule has 0 aromatic heterocycles. The zero-order valence-electron chi connectivity index (χ0n) is 12.2. The van der Waals surface area contributed by atoms with Gasteiger partial charge in [-0.3, -0.25) is 4.79 Å². The molecule has 19 heavy (non-hydrogen) atoms. The van der Waals surface area contributed by atoms with Gasteiger partial charge in [0, 0.05) is 19.7 Å². The Labute approximate surface area is 116 Å². The molecule has 0 saturated carbocycles. The molecule has 2 saturated heterocycles. The Bertz CT molecular complexity index is 303. The second kappa shape index (κ2) is 6.68. The van der Waals surface area contributed by atoms with Gasteiger partial charge in [0.15, 0.2) is 0 Å². The molecule has 0 aliphatic carbocycles. The summed E-state index contributed by atoms with van der Waals surface area (Å²) in [6.45, 7) is 7.07. The highest BCUT2D eigenvalue weighted by molar-refractivity contribution is 5.85. The molecule has 1 unspecified atom stereocenters. The molecule has 0 aromatic carbocycles. The monoisotopic (exact) mass is 269 g/mol. The van der Waals surface area contributed by atoms with Crippen LogP contribution in [0, 0.1) is 0 Å². The average Bonchev–Trinajstić information content (AvgIpc) is 2.48. The molecule has 2 aliphatic heterocycles. The van der Waals surface area contributed by atoms with Gasteiger partial charge in [-0.1, -0.05) is 6.92 Å². The number of carbonyl (C=O) groups is 1. The predicted octanol–water partition coefficient (Wildman–Crippen LogP) is 0.356. The summed E-state index contributed by atoms with van der Waals surface area (Å²) in [5.74, 6) is 0.0828. The molecule has 5 nitrogen and oxygen atoms in total. The maximum Gasteiger partial charge on any atom is 0.252 e. The number of amides is 1. The van der Waals surface area contributed by atoms with Gasteiger partial charge < -0.3 is 20.3 Å². The van der Waals surface area contributed by atoms with E-state index in [2.05, 4.69) is 22.5 Å². The second-order valence-corrected chi connectivity index (χ2v) is 5.65. The Morgan fingerprint density at radius 3 is 2.84 bits per heavy atom. The third kappa shape index (κ3) is 3.46. The summed E-state index contributed by atoms with van der Waals surface area (Å²) in [6.07, 6.45) is 3.78. The summed E-state index contributed by atoms with van der Waals surface area (Å²) in [6, 6.07) is 0.281. The lowest BCUT2D eigenvalue weighted by Gasteiger charge is -2.38. The molecule has 5 heteroatoms. The van der Waals surface area contributed by atoms with E-state index in [0.717, 1.165) is 52.0 Å². The third-order valence-electron chi connectivity index (χ3n) is 4.50. The number of hydrogen-bond acceptors (Lipinski definition) is 4. The zero-order chi connectivity index (χ0) is 13.7. The smallest absolute Gasteiger partial charge is 0.252 e. The SMILES string of the molecule is CCN1CCCC(NC(=O)C2(OC)CCNCC2)C1. The number of hydrogen-bond donors (Lipinski definition) is 2. The van der Waals surface area contributed by atoms with E-state index in [1.807, 2.05) is 0 Å². The number of piperidine rings is 2. The van der Waals surface area contributed by atoms with Crippen LogP contribution in [0.3, 0.4) is 0 Å². The topological polar surface area (TPSA) is 53.6 Å². The molecular formula is C14H27N3O2. The fourth-order valence-electron chi connectivity index (χ4n) is 3.13. The first kappa shape index (κ1) is 14.8. The predicted molar refractivity (Wildman–Crippen MR) is 75.1 cm³/mol. The van der Waals surface area contributed by atoms with E-state index >= 15 is 0 Å². The van der Waals surface area contributed by atoms with Crippen molar-refractivity contribution in [3.05, 3.63) is 0 Å². The molecule has 2 aliphatic rings. The van der Waals surface area contributed by atoms with Gasteiger partial charge in [0.05, 0.1) is 0 Å². The van der Waals surface area contributed by atoms with Crippen molar-refractivity contribution in [2.75, 3.05) is 39.8 Å². The fourth-order valence-corrected chi connectivity index (χ4v) is 3.13. The Hall–Kier alpha value is -0.650. The van der Waals surface area contributed by atoms with E-state index in [1.165, 1.54) is 6.42 Å². The van der Waals surface area contributed by atoms with Gasteiger partial charge in [-0.05, 0) is 51.9 Å². The van der Waals surface area contributed by atoms with Gasteiger partial charge in [-0.2, -0.15) is 0 Å². The van der Waals surface area contributed by atoms with E-state index in [1.54, 1.807) is 7.11 Å². The summed E-state index contributed by atoms with van der Waals surface area (Å²) in [7, 11) is 1.66. The average molecular weight is 269 g/mol. The van der Waals surface area contributed by atoms with Crippen LogP contribution in [0.25, 0.3) is 0 Å². The minimum absolute atomic E-state index is 0.0828. The van der Waals surface area contributed by atoms with Gasteiger partial charge in [0.25, 0.3) is 5.91 Å². The van der Waals surface area contributed by atoms with Crippen LogP contribution in [-0.2, 0) is 9.53 Å². The molecule has 2 fully saturated rings. The fraction of sp³-hybridized carbons (Fsp3) is 0.929. The van der Waals surface area contributed by atoms with Crippen LogP contribution >= 0.6 is 0 Å². The molecule has 110 valence electrons. The number of carbonyl (C=O) groups excluding carboxylic acids is 1. The van der Waals surface area contributed by atoms with Crippen molar-refractivity contribution < 1.29 is 9.53 Å². The van der Waals surface area contributed by atoms with Crippen LogP contribution in [-0.4, -0.2) is 62.3 Å².